The summed E-state index contributed by atoms with van der Waals surface area (Å²) in [6.07, 6.45) is -2.63. The number of nitrogen functional groups attached to an aromatic ring is 1. The van der Waals surface area contributed by atoms with Crippen molar-refractivity contribution in [3.63, 3.8) is 0 Å². The van der Waals surface area contributed by atoms with Crippen LogP contribution in [-0.2, 0) is 0 Å². The van der Waals surface area contributed by atoms with Crippen molar-refractivity contribution in [3.8, 4) is 17.1 Å². The minimum atomic E-state index is -2.63. The van der Waals surface area contributed by atoms with Crippen molar-refractivity contribution in [3.05, 3.63) is 29.8 Å². The normalized spacial score (nSPS) is 10.9. The number of rotatable bonds is 2. The van der Waals surface area contributed by atoms with E-state index in [-0.39, 0.29) is 28.5 Å². The van der Waals surface area contributed by atoms with Gasteiger partial charge in [-0.05, 0) is 12.1 Å². The number of halogens is 2. The fourth-order valence-corrected chi connectivity index (χ4v) is 1.31. The Morgan fingerprint density at radius 2 is 2.06 bits per heavy atom. The van der Waals surface area contributed by atoms with Gasteiger partial charge in [0, 0.05) is 11.6 Å². The van der Waals surface area contributed by atoms with Crippen LogP contribution in [0, 0.1) is 0 Å². The van der Waals surface area contributed by atoms with Gasteiger partial charge in [0.2, 0.25) is 0 Å². The molecule has 4 nitrogen and oxygen atoms in total. The van der Waals surface area contributed by atoms with E-state index in [9.17, 15) is 13.9 Å². The third kappa shape index (κ3) is 1.81. The van der Waals surface area contributed by atoms with E-state index in [1.807, 2.05) is 0 Å². The predicted molar refractivity (Wildman–Crippen MR) is 53.0 cm³/mol. The zero-order chi connectivity index (χ0) is 11.7. The molecule has 0 aliphatic heterocycles. The Hall–Kier alpha value is -2.11. The Morgan fingerprint density at radius 1 is 1.31 bits per heavy atom. The van der Waals surface area contributed by atoms with Crippen LogP contribution in [0.4, 0.5) is 14.6 Å². The zero-order valence-corrected chi connectivity index (χ0v) is 8.02. The van der Waals surface area contributed by atoms with E-state index in [0.717, 1.165) is 6.07 Å². The Balaban J connectivity index is 2.44. The molecule has 0 aliphatic rings. The Labute approximate surface area is 89.3 Å². The third-order valence-electron chi connectivity index (χ3n) is 2.07. The van der Waals surface area contributed by atoms with Gasteiger partial charge in [-0.2, -0.15) is 0 Å². The second-order valence-electron chi connectivity index (χ2n) is 3.19. The van der Waals surface area contributed by atoms with Gasteiger partial charge < -0.3 is 15.4 Å². The summed E-state index contributed by atoms with van der Waals surface area (Å²) >= 11 is 0. The van der Waals surface area contributed by atoms with E-state index >= 15 is 0 Å². The SMILES string of the molecule is Nc1cc(-c2ccc(C(F)F)cc2O)on1. The molecule has 0 saturated carbocycles. The summed E-state index contributed by atoms with van der Waals surface area (Å²) in [4.78, 5) is 0. The number of benzene rings is 1. The smallest absolute Gasteiger partial charge is 0.263 e. The fraction of sp³-hybridized carbons (Fsp3) is 0.100. The summed E-state index contributed by atoms with van der Waals surface area (Å²) in [7, 11) is 0. The molecule has 1 heterocycles. The molecule has 0 saturated heterocycles. The molecule has 1 aromatic heterocycles. The highest BCUT2D eigenvalue weighted by Gasteiger charge is 2.13. The first kappa shape index (κ1) is 10.4. The van der Waals surface area contributed by atoms with Gasteiger partial charge in [0.15, 0.2) is 11.6 Å². The summed E-state index contributed by atoms with van der Waals surface area (Å²) in [5.74, 6) is 0.0945. The van der Waals surface area contributed by atoms with E-state index < -0.39 is 6.43 Å². The van der Waals surface area contributed by atoms with Crippen molar-refractivity contribution in [1.82, 2.24) is 5.16 Å². The van der Waals surface area contributed by atoms with Gasteiger partial charge in [-0.15, -0.1) is 0 Å². The average Bonchev–Trinajstić information content (AvgIpc) is 2.64. The molecule has 0 unspecified atom stereocenters. The van der Waals surface area contributed by atoms with Crippen LogP contribution in [-0.4, -0.2) is 10.3 Å². The Bertz CT molecular complexity index is 511. The van der Waals surface area contributed by atoms with Gasteiger partial charge in [0.05, 0.1) is 5.56 Å². The van der Waals surface area contributed by atoms with Crippen LogP contribution in [0.25, 0.3) is 11.3 Å². The molecule has 1 aromatic carbocycles. The van der Waals surface area contributed by atoms with Gasteiger partial charge in [-0.25, -0.2) is 8.78 Å². The second-order valence-corrected chi connectivity index (χ2v) is 3.19. The molecular formula is C10H8F2N2O2. The minimum absolute atomic E-state index is 0.160. The molecule has 6 heteroatoms. The molecular weight excluding hydrogens is 218 g/mol. The van der Waals surface area contributed by atoms with Crippen LogP contribution in [0.15, 0.2) is 28.8 Å². The maximum atomic E-state index is 12.3. The van der Waals surface area contributed by atoms with E-state index in [2.05, 4.69) is 5.16 Å². The lowest BCUT2D eigenvalue weighted by molar-refractivity contribution is 0.151. The number of nitrogens with zero attached hydrogens (tertiary/aromatic N) is 1. The van der Waals surface area contributed by atoms with Gasteiger partial charge in [-0.3, -0.25) is 0 Å². The van der Waals surface area contributed by atoms with Crippen molar-refractivity contribution in [2.75, 3.05) is 5.73 Å². The lowest BCUT2D eigenvalue weighted by atomic mass is 10.1. The van der Waals surface area contributed by atoms with Crippen LogP contribution < -0.4 is 5.73 Å². The number of hydrogen-bond donors (Lipinski definition) is 2. The summed E-state index contributed by atoms with van der Waals surface area (Å²) < 4.78 is 29.4. The third-order valence-corrected chi connectivity index (χ3v) is 2.07. The van der Waals surface area contributed by atoms with E-state index in [0.29, 0.717) is 0 Å². The van der Waals surface area contributed by atoms with Crippen LogP contribution in [0.1, 0.15) is 12.0 Å². The van der Waals surface area contributed by atoms with Crippen molar-refractivity contribution < 1.29 is 18.4 Å². The summed E-state index contributed by atoms with van der Waals surface area (Å²) in [6, 6.07) is 4.92. The van der Waals surface area contributed by atoms with E-state index in [1.54, 1.807) is 0 Å². The number of nitrogens with two attached hydrogens (primary N) is 1. The van der Waals surface area contributed by atoms with Crippen molar-refractivity contribution in [1.29, 1.82) is 0 Å². The summed E-state index contributed by atoms with van der Waals surface area (Å²) in [5.41, 5.74) is 5.35. The van der Waals surface area contributed by atoms with Crippen molar-refractivity contribution in [2.24, 2.45) is 0 Å². The minimum Gasteiger partial charge on any atom is -0.507 e. The first-order valence-electron chi connectivity index (χ1n) is 4.41. The maximum absolute atomic E-state index is 12.3. The predicted octanol–water partition coefficient (Wildman–Crippen LogP) is 2.57. The standard InChI is InChI=1S/C10H8F2N2O2/c11-10(12)5-1-2-6(7(15)3-5)8-4-9(13)14-16-8/h1-4,10,15H,(H2,13,14). The number of anilines is 1. The Morgan fingerprint density at radius 3 is 2.56 bits per heavy atom. The fourth-order valence-electron chi connectivity index (χ4n) is 1.31. The second kappa shape index (κ2) is 3.80. The highest BCUT2D eigenvalue weighted by Crippen LogP contribution is 2.33. The molecule has 2 rings (SSSR count). The molecule has 0 radical (unpaired) electrons. The lowest BCUT2D eigenvalue weighted by Crippen LogP contribution is -1.85. The number of phenolic OH excluding ortho intramolecular Hbond substituents is 1. The van der Waals surface area contributed by atoms with Gasteiger partial charge in [0.1, 0.15) is 5.75 Å². The maximum Gasteiger partial charge on any atom is 0.263 e. The molecule has 84 valence electrons. The topological polar surface area (TPSA) is 72.3 Å². The van der Waals surface area contributed by atoms with E-state index in [4.69, 9.17) is 10.3 Å². The monoisotopic (exact) mass is 226 g/mol. The number of phenols is 1. The quantitative estimate of drug-likeness (QED) is 0.825. The van der Waals surface area contributed by atoms with Crippen molar-refractivity contribution in [2.45, 2.75) is 6.43 Å². The number of alkyl halides is 2. The van der Waals surface area contributed by atoms with Gasteiger partial charge in [-0.1, -0.05) is 11.2 Å². The van der Waals surface area contributed by atoms with Crippen LogP contribution >= 0.6 is 0 Å². The molecule has 3 N–H and O–H groups in total. The molecule has 0 atom stereocenters. The molecule has 2 aromatic rings. The van der Waals surface area contributed by atoms with Gasteiger partial charge >= 0.3 is 0 Å². The van der Waals surface area contributed by atoms with Gasteiger partial charge in [0.25, 0.3) is 6.43 Å². The molecule has 0 amide bonds. The molecule has 16 heavy (non-hydrogen) atoms. The molecule has 0 fully saturated rings. The summed E-state index contributed by atoms with van der Waals surface area (Å²) in [6.45, 7) is 0. The first-order valence-corrected chi connectivity index (χ1v) is 4.41. The lowest BCUT2D eigenvalue weighted by Gasteiger charge is -2.03. The van der Waals surface area contributed by atoms with Crippen molar-refractivity contribution >= 4 is 5.82 Å². The summed E-state index contributed by atoms with van der Waals surface area (Å²) in [5, 5.41) is 13.0. The average molecular weight is 226 g/mol. The Kier molecular flexibility index (Phi) is 2.47. The first-order chi connectivity index (χ1) is 7.58. The number of hydrogen-bond acceptors (Lipinski definition) is 4. The highest BCUT2D eigenvalue weighted by molar-refractivity contribution is 5.67. The number of aromatic nitrogens is 1. The largest absolute Gasteiger partial charge is 0.507 e. The molecule has 0 aliphatic carbocycles. The zero-order valence-electron chi connectivity index (χ0n) is 8.02. The van der Waals surface area contributed by atoms with E-state index in [1.165, 1.54) is 18.2 Å². The highest BCUT2D eigenvalue weighted by atomic mass is 19.3. The molecule has 0 spiro atoms. The van der Waals surface area contributed by atoms with Crippen LogP contribution in [0.3, 0.4) is 0 Å². The number of aromatic hydroxyl groups is 1. The van der Waals surface area contributed by atoms with Crippen LogP contribution in [0.5, 0.6) is 5.75 Å². The molecule has 0 bridgehead atoms. The van der Waals surface area contributed by atoms with Crippen LogP contribution in [0.2, 0.25) is 0 Å².